The summed E-state index contributed by atoms with van der Waals surface area (Å²) in [5, 5.41) is 3.08. The number of para-hydroxylation sites is 1. The molecule has 1 heterocycles. The number of carbonyl (C=O) groups is 2. The Morgan fingerprint density at radius 2 is 1.77 bits per heavy atom. The molecule has 3 aromatic rings. The van der Waals surface area contributed by atoms with Crippen molar-refractivity contribution in [1.82, 2.24) is 0 Å². The predicted molar refractivity (Wildman–Crippen MR) is 123 cm³/mol. The average Bonchev–Trinajstić information content (AvgIpc) is 3.18. The quantitative estimate of drug-likeness (QED) is 0.532. The van der Waals surface area contributed by atoms with Gasteiger partial charge in [0, 0.05) is 24.3 Å². The van der Waals surface area contributed by atoms with Gasteiger partial charge in [0.1, 0.15) is 0 Å². The van der Waals surface area contributed by atoms with E-state index in [-0.39, 0.29) is 17.5 Å². The van der Waals surface area contributed by atoms with Crippen LogP contribution in [-0.2, 0) is 17.7 Å². The minimum absolute atomic E-state index is 0.260. The minimum Gasteiger partial charge on any atom is -0.462 e. The van der Waals surface area contributed by atoms with Gasteiger partial charge >= 0.3 is 5.97 Å². The second-order valence-electron chi connectivity index (χ2n) is 7.37. The van der Waals surface area contributed by atoms with Gasteiger partial charge in [-0.25, -0.2) is 4.79 Å². The number of nitrogens with zero attached hydrogens (tertiary/aromatic N) is 1. The van der Waals surface area contributed by atoms with Gasteiger partial charge in [-0.15, -0.1) is 0 Å². The van der Waals surface area contributed by atoms with Crippen LogP contribution in [0.25, 0.3) is 0 Å². The zero-order valence-corrected chi connectivity index (χ0v) is 18.0. The van der Waals surface area contributed by atoms with E-state index in [9.17, 15) is 9.59 Å². The summed E-state index contributed by atoms with van der Waals surface area (Å²) in [6, 6.07) is 20.7. The maximum atomic E-state index is 12.6. The molecule has 0 saturated heterocycles. The van der Waals surface area contributed by atoms with Crippen LogP contribution in [-0.4, -0.2) is 25.0 Å². The molecule has 0 saturated carbocycles. The van der Waals surface area contributed by atoms with E-state index in [1.807, 2.05) is 24.3 Å². The molecule has 1 aliphatic heterocycles. The van der Waals surface area contributed by atoms with Crippen molar-refractivity contribution >= 4 is 34.9 Å². The maximum Gasteiger partial charge on any atom is 0.338 e. The number of hydrogen-bond acceptors (Lipinski definition) is 4. The fourth-order valence-electron chi connectivity index (χ4n) is 3.71. The van der Waals surface area contributed by atoms with Crippen LogP contribution >= 0.6 is 11.6 Å². The van der Waals surface area contributed by atoms with Crippen molar-refractivity contribution in [3.05, 3.63) is 94.0 Å². The summed E-state index contributed by atoms with van der Waals surface area (Å²) in [4.78, 5) is 26.8. The van der Waals surface area contributed by atoms with E-state index in [0.717, 1.165) is 25.1 Å². The lowest BCUT2D eigenvalue weighted by Gasteiger charge is -2.19. The highest BCUT2D eigenvalue weighted by atomic mass is 35.5. The molecule has 0 bridgehead atoms. The van der Waals surface area contributed by atoms with Crippen LogP contribution in [0.5, 0.6) is 0 Å². The Kier molecular flexibility index (Phi) is 6.23. The van der Waals surface area contributed by atoms with Gasteiger partial charge in [0.05, 0.1) is 22.9 Å². The number of carbonyl (C=O) groups excluding carboxylic acids is 2. The average molecular weight is 435 g/mol. The molecule has 0 aromatic heterocycles. The number of halogens is 1. The molecule has 5 nitrogen and oxygen atoms in total. The van der Waals surface area contributed by atoms with Gasteiger partial charge in [-0.3, -0.25) is 4.79 Å². The second kappa shape index (κ2) is 9.23. The predicted octanol–water partition coefficient (Wildman–Crippen LogP) is 5.33. The molecule has 0 fully saturated rings. The first-order valence-corrected chi connectivity index (χ1v) is 10.6. The number of esters is 1. The van der Waals surface area contributed by atoms with Crippen LogP contribution in [0.4, 0.5) is 11.4 Å². The number of anilines is 2. The lowest BCUT2D eigenvalue weighted by molar-refractivity contribution is 0.0526. The normalized spacial score (nSPS) is 12.4. The summed E-state index contributed by atoms with van der Waals surface area (Å²) in [6.45, 7) is 3.83. The van der Waals surface area contributed by atoms with Crippen molar-refractivity contribution in [2.75, 3.05) is 23.4 Å². The van der Waals surface area contributed by atoms with Gasteiger partial charge in [0.25, 0.3) is 5.91 Å². The van der Waals surface area contributed by atoms with Gasteiger partial charge in [0.15, 0.2) is 0 Å². The molecule has 0 aliphatic carbocycles. The largest absolute Gasteiger partial charge is 0.462 e. The number of fused-ring (bicyclic) bond motifs is 1. The lowest BCUT2D eigenvalue weighted by Crippen LogP contribution is -2.19. The van der Waals surface area contributed by atoms with Crippen molar-refractivity contribution in [3.63, 3.8) is 0 Å². The van der Waals surface area contributed by atoms with Crippen LogP contribution in [0.1, 0.15) is 38.8 Å². The monoisotopic (exact) mass is 434 g/mol. The summed E-state index contributed by atoms with van der Waals surface area (Å²) in [5.41, 5.74) is 5.13. The standard InChI is InChI=1S/C25H23ClN2O3/c1-2-31-25(30)20-11-12-22(21(26)15-20)27-24(29)19-9-7-17(8-10-19)16-28-14-13-18-5-3-4-6-23(18)28/h3-12,15H,2,13-14,16H2,1H3,(H,27,29). The third-order valence-electron chi connectivity index (χ3n) is 5.30. The molecule has 0 unspecified atom stereocenters. The van der Waals surface area contributed by atoms with Gasteiger partial charge in [-0.2, -0.15) is 0 Å². The highest BCUT2D eigenvalue weighted by Crippen LogP contribution is 2.29. The molecule has 6 heteroatoms. The molecule has 0 atom stereocenters. The van der Waals surface area contributed by atoms with Crippen LogP contribution in [0.3, 0.4) is 0 Å². The number of amides is 1. The van der Waals surface area contributed by atoms with Crippen molar-refractivity contribution in [2.24, 2.45) is 0 Å². The van der Waals surface area contributed by atoms with E-state index in [1.54, 1.807) is 19.1 Å². The van der Waals surface area contributed by atoms with Gasteiger partial charge in [-0.1, -0.05) is 41.9 Å². The molecule has 1 aliphatic rings. The van der Waals surface area contributed by atoms with Crippen molar-refractivity contribution in [1.29, 1.82) is 0 Å². The summed E-state index contributed by atoms with van der Waals surface area (Å²) in [6.07, 6.45) is 1.06. The zero-order chi connectivity index (χ0) is 21.8. The molecule has 0 radical (unpaired) electrons. The highest BCUT2D eigenvalue weighted by Gasteiger charge is 2.18. The van der Waals surface area contributed by atoms with Crippen molar-refractivity contribution in [3.8, 4) is 0 Å². The SMILES string of the molecule is CCOC(=O)c1ccc(NC(=O)c2ccc(CN3CCc4ccccc43)cc2)c(Cl)c1. The molecule has 4 rings (SSSR count). The Morgan fingerprint density at radius 3 is 2.52 bits per heavy atom. The second-order valence-corrected chi connectivity index (χ2v) is 7.77. The Bertz CT molecular complexity index is 1110. The summed E-state index contributed by atoms with van der Waals surface area (Å²) < 4.78 is 4.96. The number of rotatable bonds is 6. The van der Waals surface area contributed by atoms with Crippen LogP contribution in [0, 0.1) is 0 Å². The van der Waals surface area contributed by atoms with Gasteiger partial charge in [-0.05, 0) is 60.9 Å². The number of nitrogens with one attached hydrogen (secondary N) is 1. The maximum absolute atomic E-state index is 12.6. The van der Waals surface area contributed by atoms with E-state index in [0.29, 0.717) is 16.8 Å². The zero-order valence-electron chi connectivity index (χ0n) is 17.2. The fraction of sp³-hybridized carbons (Fsp3) is 0.200. The third-order valence-corrected chi connectivity index (χ3v) is 5.61. The van der Waals surface area contributed by atoms with E-state index in [2.05, 4.69) is 34.5 Å². The first-order valence-electron chi connectivity index (χ1n) is 10.2. The summed E-state index contributed by atoms with van der Waals surface area (Å²) >= 11 is 6.24. The lowest BCUT2D eigenvalue weighted by atomic mass is 10.1. The number of ether oxygens (including phenoxy) is 1. The Hall–Kier alpha value is -3.31. The van der Waals surface area contributed by atoms with Crippen LogP contribution < -0.4 is 10.2 Å². The van der Waals surface area contributed by atoms with E-state index in [1.165, 1.54) is 17.3 Å². The molecule has 0 spiro atoms. The first kappa shape index (κ1) is 20.9. The molecule has 31 heavy (non-hydrogen) atoms. The molecular formula is C25H23ClN2O3. The molecular weight excluding hydrogens is 412 g/mol. The minimum atomic E-state index is -0.446. The van der Waals surface area contributed by atoms with Gasteiger partial charge < -0.3 is 15.0 Å². The van der Waals surface area contributed by atoms with E-state index < -0.39 is 5.97 Å². The third kappa shape index (κ3) is 4.72. The van der Waals surface area contributed by atoms with E-state index >= 15 is 0 Å². The Labute approximate surface area is 186 Å². The fourth-order valence-corrected chi connectivity index (χ4v) is 3.93. The highest BCUT2D eigenvalue weighted by molar-refractivity contribution is 6.34. The van der Waals surface area contributed by atoms with Crippen molar-refractivity contribution in [2.45, 2.75) is 19.9 Å². The van der Waals surface area contributed by atoms with E-state index in [4.69, 9.17) is 16.3 Å². The Morgan fingerprint density at radius 1 is 1.03 bits per heavy atom. The number of hydrogen-bond donors (Lipinski definition) is 1. The molecule has 1 amide bonds. The first-order chi connectivity index (χ1) is 15.0. The summed E-state index contributed by atoms with van der Waals surface area (Å²) in [5.74, 6) is -0.706. The summed E-state index contributed by atoms with van der Waals surface area (Å²) in [7, 11) is 0. The topological polar surface area (TPSA) is 58.6 Å². The molecule has 3 aromatic carbocycles. The number of benzene rings is 3. The smallest absolute Gasteiger partial charge is 0.338 e. The van der Waals surface area contributed by atoms with Crippen molar-refractivity contribution < 1.29 is 14.3 Å². The molecule has 1 N–H and O–H groups in total. The van der Waals surface area contributed by atoms with Crippen LogP contribution in [0.2, 0.25) is 5.02 Å². The molecule has 158 valence electrons. The van der Waals surface area contributed by atoms with Gasteiger partial charge in [0.2, 0.25) is 0 Å². The Balaban J connectivity index is 1.40. The van der Waals surface area contributed by atoms with Crippen LogP contribution in [0.15, 0.2) is 66.7 Å².